The highest BCUT2D eigenvalue weighted by Crippen LogP contribution is 2.32. The van der Waals surface area contributed by atoms with Crippen LogP contribution >= 0.6 is 11.6 Å². The van der Waals surface area contributed by atoms with Crippen LogP contribution in [0.2, 0.25) is 5.15 Å². The van der Waals surface area contributed by atoms with E-state index in [1.54, 1.807) is 6.20 Å². The van der Waals surface area contributed by atoms with E-state index in [4.69, 9.17) is 16.1 Å². The standard InChI is InChI=1S/C13H14ClN3O/c14-11-10(7-4-8-15-11)13-16-12(17-18-13)9-5-2-1-3-6-9/h4,7-9H,1-3,5-6H2. The number of aromatic nitrogens is 3. The van der Waals surface area contributed by atoms with E-state index in [1.807, 2.05) is 12.1 Å². The zero-order valence-corrected chi connectivity index (χ0v) is 10.7. The Morgan fingerprint density at radius 1 is 1.22 bits per heavy atom. The van der Waals surface area contributed by atoms with E-state index in [-0.39, 0.29) is 0 Å². The van der Waals surface area contributed by atoms with Crippen molar-refractivity contribution in [3.8, 4) is 11.5 Å². The van der Waals surface area contributed by atoms with Crippen LogP contribution in [-0.4, -0.2) is 15.1 Å². The van der Waals surface area contributed by atoms with Crippen molar-refractivity contribution in [2.45, 2.75) is 38.0 Å². The number of pyridine rings is 1. The molecule has 0 unspecified atom stereocenters. The lowest BCUT2D eigenvalue weighted by Gasteiger charge is -2.17. The molecule has 0 radical (unpaired) electrons. The molecule has 0 spiro atoms. The lowest BCUT2D eigenvalue weighted by molar-refractivity contribution is 0.385. The van der Waals surface area contributed by atoms with E-state index in [2.05, 4.69) is 15.1 Å². The zero-order chi connectivity index (χ0) is 12.4. The predicted octanol–water partition coefficient (Wildman–Crippen LogP) is 3.83. The third kappa shape index (κ3) is 2.25. The highest BCUT2D eigenvalue weighted by atomic mass is 35.5. The molecule has 2 aromatic heterocycles. The second-order valence-electron chi connectivity index (χ2n) is 4.63. The normalized spacial score (nSPS) is 16.9. The minimum absolute atomic E-state index is 0.399. The molecule has 18 heavy (non-hydrogen) atoms. The lowest BCUT2D eigenvalue weighted by Crippen LogP contribution is -2.06. The van der Waals surface area contributed by atoms with Gasteiger partial charge in [-0.3, -0.25) is 0 Å². The molecule has 94 valence electrons. The molecule has 0 atom stereocenters. The fourth-order valence-electron chi connectivity index (χ4n) is 2.42. The third-order valence-corrected chi connectivity index (χ3v) is 3.70. The summed E-state index contributed by atoms with van der Waals surface area (Å²) in [7, 11) is 0. The molecule has 1 saturated carbocycles. The van der Waals surface area contributed by atoms with Crippen molar-refractivity contribution in [2.24, 2.45) is 0 Å². The van der Waals surface area contributed by atoms with E-state index in [9.17, 15) is 0 Å². The van der Waals surface area contributed by atoms with Gasteiger partial charge in [-0.05, 0) is 25.0 Å². The first-order valence-electron chi connectivity index (χ1n) is 6.29. The van der Waals surface area contributed by atoms with Crippen LogP contribution < -0.4 is 0 Å². The molecule has 2 heterocycles. The van der Waals surface area contributed by atoms with Gasteiger partial charge in [0.2, 0.25) is 0 Å². The van der Waals surface area contributed by atoms with Gasteiger partial charge in [-0.2, -0.15) is 4.98 Å². The van der Waals surface area contributed by atoms with Crippen LogP contribution in [0.15, 0.2) is 22.9 Å². The molecule has 3 rings (SSSR count). The molecular weight excluding hydrogens is 250 g/mol. The number of hydrogen-bond acceptors (Lipinski definition) is 4. The van der Waals surface area contributed by atoms with Crippen LogP contribution in [0.1, 0.15) is 43.8 Å². The Morgan fingerprint density at radius 3 is 2.83 bits per heavy atom. The van der Waals surface area contributed by atoms with Gasteiger partial charge >= 0.3 is 0 Å². The number of nitrogens with zero attached hydrogens (tertiary/aromatic N) is 3. The maximum atomic E-state index is 6.01. The van der Waals surface area contributed by atoms with Gasteiger partial charge in [0, 0.05) is 12.1 Å². The Morgan fingerprint density at radius 2 is 2.06 bits per heavy atom. The fourth-order valence-corrected chi connectivity index (χ4v) is 2.62. The Bertz CT molecular complexity index is 535. The van der Waals surface area contributed by atoms with Gasteiger partial charge in [0.1, 0.15) is 5.15 Å². The van der Waals surface area contributed by atoms with Crippen LogP contribution in [0.4, 0.5) is 0 Å². The van der Waals surface area contributed by atoms with E-state index in [0.717, 1.165) is 18.7 Å². The SMILES string of the molecule is Clc1ncccc1-c1nc(C2CCCCC2)no1. The average molecular weight is 264 g/mol. The number of halogens is 1. The van der Waals surface area contributed by atoms with Gasteiger partial charge in [-0.1, -0.05) is 36.0 Å². The quantitative estimate of drug-likeness (QED) is 0.773. The van der Waals surface area contributed by atoms with E-state index < -0.39 is 0 Å². The van der Waals surface area contributed by atoms with E-state index in [0.29, 0.717) is 22.5 Å². The smallest absolute Gasteiger partial charge is 0.261 e. The van der Waals surface area contributed by atoms with Crippen LogP contribution in [0.5, 0.6) is 0 Å². The van der Waals surface area contributed by atoms with Gasteiger partial charge in [0.25, 0.3) is 5.89 Å². The molecule has 0 saturated heterocycles. The summed E-state index contributed by atoms with van der Waals surface area (Å²) in [5.74, 6) is 1.71. The van der Waals surface area contributed by atoms with Crippen molar-refractivity contribution in [1.82, 2.24) is 15.1 Å². The fraction of sp³-hybridized carbons (Fsp3) is 0.462. The van der Waals surface area contributed by atoms with Crippen molar-refractivity contribution >= 4 is 11.6 Å². The maximum absolute atomic E-state index is 6.01. The summed E-state index contributed by atoms with van der Waals surface area (Å²) in [6.07, 6.45) is 7.77. The van der Waals surface area contributed by atoms with Crippen molar-refractivity contribution in [1.29, 1.82) is 0 Å². The topological polar surface area (TPSA) is 51.8 Å². The van der Waals surface area contributed by atoms with Crippen molar-refractivity contribution in [2.75, 3.05) is 0 Å². The largest absolute Gasteiger partial charge is 0.334 e. The summed E-state index contributed by atoms with van der Waals surface area (Å²) in [4.78, 5) is 8.48. The van der Waals surface area contributed by atoms with Crippen LogP contribution in [0.25, 0.3) is 11.5 Å². The first-order chi connectivity index (χ1) is 8.84. The van der Waals surface area contributed by atoms with Crippen molar-refractivity contribution in [3.63, 3.8) is 0 Å². The number of rotatable bonds is 2. The predicted molar refractivity (Wildman–Crippen MR) is 68.4 cm³/mol. The molecule has 0 aliphatic heterocycles. The van der Waals surface area contributed by atoms with Gasteiger partial charge < -0.3 is 4.52 Å². The molecule has 1 aliphatic rings. The van der Waals surface area contributed by atoms with Crippen molar-refractivity contribution in [3.05, 3.63) is 29.3 Å². The summed E-state index contributed by atoms with van der Waals surface area (Å²) >= 11 is 6.01. The molecular formula is C13H14ClN3O. The Labute approximate surface area is 110 Å². The van der Waals surface area contributed by atoms with E-state index >= 15 is 0 Å². The molecule has 0 bridgehead atoms. The van der Waals surface area contributed by atoms with Gasteiger partial charge in [-0.15, -0.1) is 0 Å². The van der Waals surface area contributed by atoms with Gasteiger partial charge in [-0.25, -0.2) is 4.98 Å². The lowest BCUT2D eigenvalue weighted by atomic mass is 9.89. The van der Waals surface area contributed by atoms with Gasteiger partial charge in [0.15, 0.2) is 5.82 Å². The summed E-state index contributed by atoms with van der Waals surface area (Å²) < 4.78 is 5.30. The van der Waals surface area contributed by atoms with E-state index in [1.165, 1.54) is 19.3 Å². The maximum Gasteiger partial charge on any atom is 0.261 e. The molecule has 2 aromatic rings. The Hall–Kier alpha value is -1.42. The minimum Gasteiger partial charge on any atom is -0.334 e. The molecule has 0 N–H and O–H groups in total. The second kappa shape index (κ2) is 5.06. The summed E-state index contributed by atoms with van der Waals surface area (Å²) in [6.45, 7) is 0. The van der Waals surface area contributed by atoms with Gasteiger partial charge in [0.05, 0.1) is 5.56 Å². The highest BCUT2D eigenvalue weighted by molar-refractivity contribution is 6.31. The molecule has 1 aliphatic carbocycles. The van der Waals surface area contributed by atoms with Crippen LogP contribution in [0, 0.1) is 0 Å². The minimum atomic E-state index is 0.399. The first kappa shape index (κ1) is 11.7. The molecule has 4 nitrogen and oxygen atoms in total. The second-order valence-corrected chi connectivity index (χ2v) is 4.99. The highest BCUT2D eigenvalue weighted by Gasteiger charge is 2.22. The summed E-state index contributed by atoms with van der Waals surface area (Å²) in [5.41, 5.74) is 0.703. The van der Waals surface area contributed by atoms with Crippen LogP contribution in [-0.2, 0) is 0 Å². The zero-order valence-electron chi connectivity index (χ0n) is 9.97. The Balaban J connectivity index is 1.87. The monoisotopic (exact) mass is 263 g/mol. The molecule has 0 amide bonds. The average Bonchev–Trinajstić information content (AvgIpc) is 2.90. The van der Waals surface area contributed by atoms with Crippen molar-refractivity contribution < 1.29 is 4.52 Å². The first-order valence-corrected chi connectivity index (χ1v) is 6.67. The Kier molecular flexibility index (Phi) is 3.28. The summed E-state index contributed by atoms with van der Waals surface area (Å²) in [6, 6.07) is 3.65. The molecule has 0 aromatic carbocycles. The molecule has 1 fully saturated rings. The number of hydrogen-bond donors (Lipinski definition) is 0. The molecule has 5 heteroatoms. The summed E-state index contributed by atoms with van der Waals surface area (Å²) in [5, 5.41) is 4.48. The third-order valence-electron chi connectivity index (χ3n) is 3.40. The van der Waals surface area contributed by atoms with Crippen LogP contribution in [0.3, 0.4) is 0 Å².